The van der Waals surface area contributed by atoms with Gasteiger partial charge in [0.05, 0.1) is 11.9 Å². The van der Waals surface area contributed by atoms with Crippen LogP contribution in [-0.2, 0) is 6.42 Å². The summed E-state index contributed by atoms with van der Waals surface area (Å²) in [6, 6.07) is 15.2. The van der Waals surface area contributed by atoms with Crippen LogP contribution in [0.15, 0.2) is 42.5 Å². The van der Waals surface area contributed by atoms with Crippen molar-refractivity contribution in [1.29, 1.82) is 0 Å². The monoisotopic (exact) mass is 332 g/mol. The number of halogens is 1. The molecule has 20 heavy (non-hydrogen) atoms. The van der Waals surface area contributed by atoms with Crippen molar-refractivity contribution in [2.75, 3.05) is 7.11 Å². The predicted octanol–water partition coefficient (Wildman–Crippen LogP) is 5.44. The summed E-state index contributed by atoms with van der Waals surface area (Å²) in [5, 5.41) is 0. The number of hydrogen-bond acceptors (Lipinski definition) is 1. The summed E-state index contributed by atoms with van der Waals surface area (Å²) >= 11 is 3.79. The van der Waals surface area contributed by atoms with Crippen LogP contribution in [0.4, 0.5) is 0 Å². The fourth-order valence-electron chi connectivity index (χ4n) is 2.33. The van der Waals surface area contributed by atoms with Crippen molar-refractivity contribution in [3.05, 3.63) is 64.7 Å². The fraction of sp³-hybridized carbons (Fsp3) is 0.333. The maximum Gasteiger partial charge on any atom is 0.122 e. The molecule has 1 nitrogen and oxygen atoms in total. The van der Waals surface area contributed by atoms with Crippen LogP contribution >= 0.6 is 15.9 Å². The first-order valence-corrected chi connectivity index (χ1v) is 7.94. The number of rotatable bonds is 5. The maximum absolute atomic E-state index is 5.40. The van der Waals surface area contributed by atoms with Crippen molar-refractivity contribution < 1.29 is 4.74 Å². The van der Waals surface area contributed by atoms with Gasteiger partial charge in [-0.1, -0.05) is 65.7 Å². The summed E-state index contributed by atoms with van der Waals surface area (Å²) in [7, 11) is 1.72. The van der Waals surface area contributed by atoms with Crippen LogP contribution in [-0.4, -0.2) is 7.11 Å². The summed E-state index contributed by atoms with van der Waals surface area (Å²) < 4.78 is 5.40. The van der Waals surface area contributed by atoms with Crippen molar-refractivity contribution >= 4 is 15.9 Å². The highest BCUT2D eigenvalue weighted by atomic mass is 79.9. The lowest BCUT2D eigenvalue weighted by Gasteiger charge is -2.14. The van der Waals surface area contributed by atoms with Crippen molar-refractivity contribution in [2.45, 2.75) is 31.5 Å². The zero-order valence-electron chi connectivity index (χ0n) is 12.3. The van der Waals surface area contributed by atoms with Gasteiger partial charge in [0.15, 0.2) is 0 Å². The van der Waals surface area contributed by atoms with E-state index in [4.69, 9.17) is 4.74 Å². The summed E-state index contributed by atoms with van der Waals surface area (Å²) in [5.74, 6) is 0.939. The van der Waals surface area contributed by atoms with E-state index in [-0.39, 0.29) is 4.83 Å². The molecule has 2 aromatic rings. The highest BCUT2D eigenvalue weighted by molar-refractivity contribution is 9.09. The second kappa shape index (κ2) is 6.94. The lowest BCUT2D eigenvalue weighted by molar-refractivity contribution is 0.411. The SMILES string of the molecule is CCCc1ccc(C(Br)c2ccc(C)c(OC)c2)cc1. The molecule has 0 amide bonds. The Hall–Kier alpha value is -1.28. The van der Waals surface area contributed by atoms with Gasteiger partial charge in [-0.15, -0.1) is 0 Å². The third-order valence-corrected chi connectivity index (χ3v) is 4.59. The number of benzene rings is 2. The third-order valence-electron chi connectivity index (χ3n) is 3.54. The Morgan fingerprint density at radius 3 is 2.30 bits per heavy atom. The Balaban J connectivity index is 2.24. The van der Waals surface area contributed by atoms with Gasteiger partial charge in [0.1, 0.15) is 5.75 Å². The van der Waals surface area contributed by atoms with E-state index in [1.165, 1.54) is 23.1 Å². The average Bonchev–Trinajstić information content (AvgIpc) is 2.48. The second-order valence-corrected chi connectivity index (χ2v) is 6.00. The Bertz CT molecular complexity index is 560. The van der Waals surface area contributed by atoms with E-state index in [1.807, 2.05) is 0 Å². The zero-order chi connectivity index (χ0) is 14.5. The minimum atomic E-state index is 0.202. The number of methoxy groups -OCH3 is 1. The standard InChI is InChI=1S/C18H21BrO/c1-4-5-14-7-10-15(11-8-14)18(19)16-9-6-13(2)17(12-16)20-3/h6-12,18H,4-5H2,1-3H3. The first kappa shape index (κ1) is 15.1. The van der Waals surface area contributed by atoms with Crippen molar-refractivity contribution in [3.8, 4) is 5.75 Å². The van der Waals surface area contributed by atoms with Crippen molar-refractivity contribution in [1.82, 2.24) is 0 Å². The van der Waals surface area contributed by atoms with Crippen LogP contribution in [0, 0.1) is 6.92 Å². The molecule has 0 heterocycles. The van der Waals surface area contributed by atoms with Crippen LogP contribution in [0.25, 0.3) is 0 Å². The Labute approximate surface area is 130 Å². The van der Waals surface area contributed by atoms with Crippen LogP contribution in [0.1, 0.15) is 40.4 Å². The normalized spacial score (nSPS) is 12.2. The van der Waals surface area contributed by atoms with Gasteiger partial charge in [-0.3, -0.25) is 0 Å². The molecule has 0 spiro atoms. The Morgan fingerprint density at radius 2 is 1.70 bits per heavy atom. The molecule has 0 aliphatic heterocycles. The molecular formula is C18H21BrO. The quantitative estimate of drug-likeness (QED) is 0.662. The number of alkyl halides is 1. The van der Waals surface area contributed by atoms with E-state index < -0.39 is 0 Å². The summed E-state index contributed by atoms with van der Waals surface area (Å²) in [6.45, 7) is 4.27. The van der Waals surface area contributed by atoms with Crippen LogP contribution in [0.2, 0.25) is 0 Å². The van der Waals surface area contributed by atoms with Gasteiger partial charge in [0, 0.05) is 0 Å². The van der Waals surface area contributed by atoms with E-state index in [0.29, 0.717) is 0 Å². The van der Waals surface area contributed by atoms with Crippen molar-refractivity contribution in [3.63, 3.8) is 0 Å². The largest absolute Gasteiger partial charge is 0.496 e. The summed E-state index contributed by atoms with van der Waals surface area (Å²) in [5.41, 5.74) is 5.05. The molecule has 2 aromatic carbocycles. The zero-order valence-corrected chi connectivity index (χ0v) is 13.9. The minimum absolute atomic E-state index is 0.202. The maximum atomic E-state index is 5.40. The molecule has 0 aliphatic rings. The highest BCUT2D eigenvalue weighted by Gasteiger charge is 2.12. The van der Waals surface area contributed by atoms with Gasteiger partial charge in [0.2, 0.25) is 0 Å². The summed E-state index contributed by atoms with van der Waals surface area (Å²) in [6.07, 6.45) is 2.33. The molecule has 0 bridgehead atoms. The topological polar surface area (TPSA) is 9.23 Å². The predicted molar refractivity (Wildman–Crippen MR) is 88.9 cm³/mol. The van der Waals surface area contributed by atoms with E-state index in [9.17, 15) is 0 Å². The van der Waals surface area contributed by atoms with E-state index in [1.54, 1.807) is 7.11 Å². The number of aryl methyl sites for hydroxylation is 2. The molecule has 106 valence electrons. The molecule has 2 heteroatoms. The molecule has 1 unspecified atom stereocenters. The van der Waals surface area contributed by atoms with Gasteiger partial charge < -0.3 is 4.74 Å². The fourth-order valence-corrected chi connectivity index (χ4v) is 2.92. The van der Waals surface area contributed by atoms with Gasteiger partial charge in [-0.05, 0) is 41.7 Å². The van der Waals surface area contributed by atoms with E-state index in [0.717, 1.165) is 17.7 Å². The second-order valence-electron chi connectivity index (χ2n) is 5.08. The lowest BCUT2D eigenvalue weighted by atomic mass is 10.0. The summed E-state index contributed by atoms with van der Waals surface area (Å²) in [4.78, 5) is 0.202. The molecule has 0 saturated carbocycles. The Morgan fingerprint density at radius 1 is 1.05 bits per heavy atom. The van der Waals surface area contributed by atoms with E-state index >= 15 is 0 Å². The molecule has 0 aliphatic carbocycles. The average molecular weight is 333 g/mol. The van der Waals surface area contributed by atoms with Gasteiger partial charge >= 0.3 is 0 Å². The first-order chi connectivity index (χ1) is 9.65. The Kier molecular flexibility index (Phi) is 5.24. The van der Waals surface area contributed by atoms with E-state index in [2.05, 4.69) is 72.2 Å². The van der Waals surface area contributed by atoms with Crippen molar-refractivity contribution in [2.24, 2.45) is 0 Å². The highest BCUT2D eigenvalue weighted by Crippen LogP contribution is 2.33. The third kappa shape index (κ3) is 3.43. The van der Waals surface area contributed by atoms with Crippen LogP contribution in [0.3, 0.4) is 0 Å². The molecule has 1 atom stereocenters. The molecule has 0 radical (unpaired) electrons. The number of ether oxygens (including phenoxy) is 1. The number of hydrogen-bond donors (Lipinski definition) is 0. The minimum Gasteiger partial charge on any atom is -0.496 e. The van der Waals surface area contributed by atoms with Crippen LogP contribution < -0.4 is 4.74 Å². The van der Waals surface area contributed by atoms with Gasteiger partial charge in [0.25, 0.3) is 0 Å². The van der Waals surface area contributed by atoms with Gasteiger partial charge in [-0.2, -0.15) is 0 Å². The molecule has 0 saturated heterocycles. The molecule has 0 N–H and O–H groups in total. The first-order valence-electron chi connectivity index (χ1n) is 7.03. The molecule has 0 fully saturated rings. The lowest BCUT2D eigenvalue weighted by Crippen LogP contribution is -1.96. The smallest absolute Gasteiger partial charge is 0.122 e. The molecule has 0 aromatic heterocycles. The molecule has 2 rings (SSSR count). The van der Waals surface area contributed by atoms with Crippen LogP contribution in [0.5, 0.6) is 5.75 Å². The van der Waals surface area contributed by atoms with Gasteiger partial charge in [-0.25, -0.2) is 0 Å². The molecular weight excluding hydrogens is 312 g/mol.